The smallest absolute Gasteiger partial charge is 0.260 e. The summed E-state index contributed by atoms with van der Waals surface area (Å²) in [7, 11) is -3.65. The van der Waals surface area contributed by atoms with Gasteiger partial charge in [0.15, 0.2) is 0 Å². The fraction of sp³-hybridized carbons (Fsp3) is 0.130. The third-order valence-electron chi connectivity index (χ3n) is 4.35. The quantitative estimate of drug-likeness (QED) is 0.244. The van der Waals surface area contributed by atoms with Crippen LogP contribution in [0.25, 0.3) is 0 Å². The number of hydrogen-bond acceptors (Lipinski definition) is 5. The first-order valence-corrected chi connectivity index (χ1v) is 12.6. The first-order valence-electron chi connectivity index (χ1n) is 9.64. The van der Waals surface area contributed by atoms with Crippen LogP contribution in [-0.2, 0) is 21.4 Å². The number of carbonyl (C=O) groups excluding carboxylic acids is 1. The van der Waals surface area contributed by atoms with E-state index in [1.165, 1.54) is 6.21 Å². The molecule has 1 N–H and O–H groups in total. The van der Waals surface area contributed by atoms with Crippen LogP contribution in [0.3, 0.4) is 0 Å². The molecule has 0 aliphatic rings. The van der Waals surface area contributed by atoms with Crippen molar-refractivity contribution in [2.45, 2.75) is 6.61 Å². The molecule has 32 heavy (non-hydrogen) atoms. The summed E-state index contributed by atoms with van der Waals surface area (Å²) in [5, 5.41) is 3.97. The third-order valence-corrected chi connectivity index (χ3v) is 6.21. The molecule has 1 amide bonds. The van der Waals surface area contributed by atoms with Gasteiger partial charge in [0, 0.05) is 9.13 Å². The third kappa shape index (κ3) is 7.06. The highest BCUT2D eigenvalue weighted by molar-refractivity contribution is 14.1. The van der Waals surface area contributed by atoms with Crippen LogP contribution in [0.4, 0.5) is 5.69 Å². The molecule has 0 aliphatic heterocycles. The SMILES string of the molecule is CS(=O)(=O)N(CC(=O)N/N=C\c1ccccc1OCc1ccccc1)c1ccc(I)cc1. The molecular formula is C23H22IN3O4S. The zero-order valence-corrected chi connectivity index (χ0v) is 20.3. The van der Waals surface area contributed by atoms with Crippen LogP contribution in [0.15, 0.2) is 84.0 Å². The number of rotatable bonds is 9. The molecule has 3 aromatic rings. The Morgan fingerprint density at radius 2 is 1.69 bits per heavy atom. The molecule has 7 nitrogen and oxygen atoms in total. The van der Waals surface area contributed by atoms with E-state index in [2.05, 4.69) is 33.1 Å². The van der Waals surface area contributed by atoms with Crippen molar-refractivity contribution in [3.63, 3.8) is 0 Å². The fourth-order valence-electron chi connectivity index (χ4n) is 2.80. The zero-order chi connectivity index (χ0) is 23.0. The van der Waals surface area contributed by atoms with Crippen molar-refractivity contribution in [2.75, 3.05) is 17.1 Å². The number of ether oxygens (including phenoxy) is 1. The van der Waals surface area contributed by atoms with Crippen LogP contribution in [0.1, 0.15) is 11.1 Å². The molecule has 0 saturated carbocycles. The Morgan fingerprint density at radius 1 is 1.03 bits per heavy atom. The minimum absolute atomic E-state index is 0.386. The van der Waals surface area contributed by atoms with Crippen LogP contribution in [-0.4, -0.2) is 33.3 Å². The second-order valence-corrected chi connectivity index (χ2v) is 10.0. The lowest BCUT2D eigenvalue weighted by molar-refractivity contribution is -0.119. The number of nitrogens with zero attached hydrogens (tertiary/aromatic N) is 2. The molecule has 0 aromatic heterocycles. The van der Waals surface area contributed by atoms with Crippen molar-refractivity contribution in [3.8, 4) is 5.75 Å². The number of nitrogens with one attached hydrogen (secondary N) is 1. The molecule has 3 rings (SSSR count). The Morgan fingerprint density at radius 3 is 2.38 bits per heavy atom. The number of sulfonamides is 1. The molecule has 0 radical (unpaired) electrons. The summed E-state index contributed by atoms with van der Waals surface area (Å²) in [6.07, 6.45) is 2.52. The first-order chi connectivity index (χ1) is 15.3. The largest absolute Gasteiger partial charge is 0.488 e. The summed E-state index contributed by atoms with van der Waals surface area (Å²) in [5.41, 5.74) is 4.51. The van der Waals surface area contributed by atoms with E-state index in [0.717, 1.165) is 19.7 Å². The highest BCUT2D eigenvalue weighted by atomic mass is 127. The molecule has 0 atom stereocenters. The topological polar surface area (TPSA) is 88.1 Å². The van der Waals surface area contributed by atoms with Gasteiger partial charge in [0.05, 0.1) is 18.2 Å². The maximum absolute atomic E-state index is 12.4. The number of hydrogen-bond donors (Lipinski definition) is 1. The average Bonchev–Trinajstić information content (AvgIpc) is 2.77. The molecular weight excluding hydrogens is 541 g/mol. The van der Waals surface area contributed by atoms with Crippen LogP contribution in [0.5, 0.6) is 5.75 Å². The normalized spacial score (nSPS) is 11.3. The molecule has 0 saturated heterocycles. The van der Waals surface area contributed by atoms with Crippen molar-refractivity contribution >= 4 is 50.4 Å². The molecule has 0 aliphatic carbocycles. The lowest BCUT2D eigenvalue weighted by atomic mass is 10.2. The Bertz CT molecular complexity index is 1180. The Labute approximate surface area is 201 Å². The summed E-state index contributed by atoms with van der Waals surface area (Å²) < 4.78 is 32.2. The second-order valence-electron chi connectivity index (χ2n) is 6.85. The number of carbonyl (C=O) groups is 1. The highest BCUT2D eigenvalue weighted by Gasteiger charge is 2.20. The molecule has 0 spiro atoms. The van der Waals surface area contributed by atoms with E-state index >= 15 is 0 Å². The number of benzene rings is 3. The van der Waals surface area contributed by atoms with E-state index in [1.807, 2.05) is 54.6 Å². The van der Waals surface area contributed by atoms with Gasteiger partial charge >= 0.3 is 0 Å². The van der Waals surface area contributed by atoms with Crippen molar-refractivity contribution in [1.29, 1.82) is 0 Å². The van der Waals surface area contributed by atoms with E-state index in [-0.39, 0.29) is 6.54 Å². The van der Waals surface area contributed by atoms with Gasteiger partial charge in [-0.3, -0.25) is 9.10 Å². The van der Waals surface area contributed by atoms with E-state index in [4.69, 9.17) is 4.74 Å². The summed E-state index contributed by atoms with van der Waals surface area (Å²) in [6, 6.07) is 23.9. The van der Waals surface area contributed by atoms with Gasteiger partial charge in [0.1, 0.15) is 18.9 Å². The van der Waals surface area contributed by atoms with Crippen molar-refractivity contribution in [3.05, 3.63) is 93.6 Å². The van der Waals surface area contributed by atoms with Crippen molar-refractivity contribution in [2.24, 2.45) is 5.10 Å². The molecule has 0 unspecified atom stereocenters. The minimum atomic E-state index is -3.65. The van der Waals surface area contributed by atoms with Crippen LogP contribution < -0.4 is 14.5 Å². The standard InChI is InChI=1S/C23H22IN3O4S/c1-32(29,30)27(21-13-11-20(24)12-14-21)16-23(28)26-25-15-19-9-5-6-10-22(19)31-17-18-7-3-2-4-8-18/h2-15H,16-17H2,1H3,(H,26,28)/b25-15-. The van der Waals surface area contributed by atoms with Gasteiger partial charge in [0.25, 0.3) is 5.91 Å². The van der Waals surface area contributed by atoms with Gasteiger partial charge in [-0.25, -0.2) is 13.8 Å². The van der Waals surface area contributed by atoms with Crippen molar-refractivity contribution < 1.29 is 17.9 Å². The molecule has 3 aromatic carbocycles. The zero-order valence-electron chi connectivity index (χ0n) is 17.3. The maximum atomic E-state index is 12.4. The predicted octanol–water partition coefficient (Wildman–Crippen LogP) is 3.79. The van der Waals surface area contributed by atoms with Gasteiger partial charge in [-0.2, -0.15) is 5.10 Å². The Kier molecular flexibility index (Phi) is 8.23. The van der Waals surface area contributed by atoms with Gasteiger partial charge in [-0.15, -0.1) is 0 Å². The lowest BCUT2D eigenvalue weighted by Gasteiger charge is -2.21. The van der Waals surface area contributed by atoms with Crippen LogP contribution >= 0.6 is 22.6 Å². The van der Waals surface area contributed by atoms with Crippen molar-refractivity contribution in [1.82, 2.24) is 5.43 Å². The van der Waals surface area contributed by atoms with E-state index < -0.39 is 15.9 Å². The minimum Gasteiger partial charge on any atom is -0.488 e. The number of halogens is 1. The number of anilines is 1. The number of hydrazone groups is 1. The van der Waals surface area contributed by atoms with Gasteiger partial charge in [-0.05, 0) is 64.6 Å². The number of para-hydroxylation sites is 1. The van der Waals surface area contributed by atoms with Gasteiger partial charge in [0.2, 0.25) is 10.0 Å². The lowest BCUT2D eigenvalue weighted by Crippen LogP contribution is -2.39. The predicted molar refractivity (Wildman–Crippen MR) is 134 cm³/mol. The summed E-state index contributed by atoms with van der Waals surface area (Å²) in [6.45, 7) is 0.0142. The molecule has 166 valence electrons. The van der Waals surface area contributed by atoms with E-state index in [0.29, 0.717) is 23.6 Å². The maximum Gasteiger partial charge on any atom is 0.260 e. The summed E-state index contributed by atoms with van der Waals surface area (Å²) >= 11 is 2.13. The van der Waals surface area contributed by atoms with E-state index in [9.17, 15) is 13.2 Å². The Balaban J connectivity index is 1.64. The summed E-state index contributed by atoms with van der Waals surface area (Å²) in [5.74, 6) is 0.0545. The second kappa shape index (κ2) is 11.1. The molecule has 9 heteroatoms. The fourth-order valence-corrected chi connectivity index (χ4v) is 4.02. The Hall–Kier alpha value is -2.92. The monoisotopic (exact) mass is 563 g/mol. The molecule has 0 heterocycles. The van der Waals surface area contributed by atoms with E-state index in [1.54, 1.807) is 24.3 Å². The molecule has 0 bridgehead atoms. The highest BCUT2D eigenvalue weighted by Crippen LogP contribution is 2.19. The summed E-state index contributed by atoms with van der Waals surface area (Å²) in [4.78, 5) is 12.4. The molecule has 0 fully saturated rings. The first kappa shape index (κ1) is 23.7. The number of amides is 1. The van der Waals surface area contributed by atoms with Gasteiger partial charge < -0.3 is 4.74 Å². The van der Waals surface area contributed by atoms with Crippen LogP contribution in [0, 0.1) is 3.57 Å². The average molecular weight is 563 g/mol. The van der Waals surface area contributed by atoms with Crippen LogP contribution in [0.2, 0.25) is 0 Å². The van der Waals surface area contributed by atoms with Gasteiger partial charge in [-0.1, -0.05) is 42.5 Å².